The summed E-state index contributed by atoms with van der Waals surface area (Å²) in [6, 6.07) is 13.5. The monoisotopic (exact) mass is 348 g/mol. The van der Waals surface area contributed by atoms with Gasteiger partial charge in [-0.1, -0.05) is 30.3 Å². The summed E-state index contributed by atoms with van der Waals surface area (Å²) in [6.07, 6.45) is 2.58. The summed E-state index contributed by atoms with van der Waals surface area (Å²) in [5, 5.41) is 10.1. The molecule has 3 aromatic rings. The van der Waals surface area contributed by atoms with Crippen LogP contribution in [0.5, 0.6) is 0 Å². The lowest BCUT2D eigenvalue weighted by molar-refractivity contribution is 0.222. The molecule has 7 heteroatoms. The van der Waals surface area contributed by atoms with E-state index in [2.05, 4.69) is 25.5 Å². The highest BCUT2D eigenvalue weighted by atomic mass is 16.2. The summed E-state index contributed by atoms with van der Waals surface area (Å²) >= 11 is 0. The third-order valence-electron chi connectivity index (χ3n) is 4.54. The molecule has 1 saturated heterocycles. The number of amides is 2. The van der Waals surface area contributed by atoms with Gasteiger partial charge in [0, 0.05) is 36.5 Å². The van der Waals surface area contributed by atoms with Crippen molar-refractivity contribution < 1.29 is 4.79 Å². The maximum atomic E-state index is 12.6. The fourth-order valence-electron chi connectivity index (χ4n) is 3.18. The maximum absolute atomic E-state index is 12.6. The number of likely N-dealkylation sites (tertiary alicyclic amines) is 1. The number of nitrogens with one attached hydrogen (secondary N) is 2. The number of aryl methyl sites for hydroxylation is 1. The molecule has 0 bridgehead atoms. The van der Waals surface area contributed by atoms with Crippen molar-refractivity contribution in [3.8, 4) is 11.3 Å². The second-order valence-electron chi connectivity index (χ2n) is 6.44. The van der Waals surface area contributed by atoms with Gasteiger partial charge in [0.2, 0.25) is 0 Å². The summed E-state index contributed by atoms with van der Waals surface area (Å²) in [5.41, 5.74) is 2.59. The van der Waals surface area contributed by atoms with Crippen LogP contribution in [0, 0.1) is 6.92 Å². The molecule has 1 atom stereocenters. The number of hydrogen-bond acceptors (Lipinski definition) is 4. The number of rotatable bonds is 3. The number of carbonyl (C=O) groups is 1. The molecule has 7 nitrogen and oxygen atoms in total. The van der Waals surface area contributed by atoms with E-state index in [1.54, 1.807) is 17.2 Å². The lowest BCUT2D eigenvalue weighted by Crippen LogP contribution is -2.32. The summed E-state index contributed by atoms with van der Waals surface area (Å²) < 4.78 is 0. The van der Waals surface area contributed by atoms with Crippen LogP contribution in [0.15, 0.2) is 48.7 Å². The van der Waals surface area contributed by atoms with Crippen molar-refractivity contribution >= 4 is 11.7 Å². The predicted octanol–water partition coefficient (Wildman–Crippen LogP) is 3.20. The average molecular weight is 348 g/mol. The van der Waals surface area contributed by atoms with Crippen molar-refractivity contribution in [3.05, 3.63) is 60.3 Å². The van der Waals surface area contributed by atoms with Gasteiger partial charge >= 0.3 is 6.03 Å². The standard InChI is InChI=1S/C19H20N6O/c1-13-21-18(24-23-13)15-8-10-25(12-15)19(26)22-16-7-9-20-17(11-16)14-5-3-2-4-6-14/h2-7,9,11,15H,8,10,12H2,1H3,(H,20,22,26)(H,21,23,24). The van der Waals surface area contributed by atoms with Gasteiger partial charge in [-0.3, -0.25) is 10.1 Å². The third kappa shape index (κ3) is 3.42. The van der Waals surface area contributed by atoms with Gasteiger partial charge in [0.05, 0.1) is 5.69 Å². The van der Waals surface area contributed by atoms with E-state index in [1.165, 1.54) is 0 Å². The van der Waals surface area contributed by atoms with E-state index in [9.17, 15) is 4.79 Å². The molecule has 1 aromatic carbocycles. The number of hydrogen-bond donors (Lipinski definition) is 2. The van der Waals surface area contributed by atoms with Crippen molar-refractivity contribution in [1.29, 1.82) is 0 Å². The molecule has 0 aliphatic carbocycles. The number of benzene rings is 1. The first-order valence-electron chi connectivity index (χ1n) is 8.65. The molecule has 132 valence electrons. The van der Waals surface area contributed by atoms with Gasteiger partial charge in [-0.25, -0.2) is 9.78 Å². The SMILES string of the molecule is Cc1nc(C2CCN(C(=O)Nc3ccnc(-c4ccccc4)c3)C2)n[nH]1. The second kappa shape index (κ2) is 6.95. The number of nitrogens with zero attached hydrogens (tertiary/aromatic N) is 4. The average Bonchev–Trinajstić information content (AvgIpc) is 3.32. The Morgan fingerprint density at radius 2 is 2.12 bits per heavy atom. The Bertz CT molecular complexity index is 907. The largest absolute Gasteiger partial charge is 0.324 e. The van der Waals surface area contributed by atoms with Crippen LogP contribution < -0.4 is 5.32 Å². The van der Waals surface area contributed by atoms with Crippen LogP contribution in [0.4, 0.5) is 10.5 Å². The van der Waals surface area contributed by atoms with Crippen molar-refractivity contribution in [3.63, 3.8) is 0 Å². The zero-order valence-corrected chi connectivity index (χ0v) is 14.5. The first kappa shape index (κ1) is 16.3. The molecule has 2 N–H and O–H groups in total. The minimum Gasteiger partial charge on any atom is -0.324 e. The second-order valence-corrected chi connectivity index (χ2v) is 6.44. The van der Waals surface area contributed by atoms with E-state index in [4.69, 9.17) is 0 Å². The van der Waals surface area contributed by atoms with E-state index in [0.717, 1.165) is 35.0 Å². The number of aromatic amines is 1. The van der Waals surface area contributed by atoms with Crippen molar-refractivity contribution in [2.75, 3.05) is 18.4 Å². The number of H-pyrrole nitrogens is 1. The molecular weight excluding hydrogens is 328 g/mol. The molecule has 2 amide bonds. The van der Waals surface area contributed by atoms with Gasteiger partial charge in [0.15, 0.2) is 5.82 Å². The van der Waals surface area contributed by atoms with Crippen LogP contribution in [0.1, 0.15) is 24.0 Å². The lowest BCUT2D eigenvalue weighted by Gasteiger charge is -2.17. The first-order valence-corrected chi connectivity index (χ1v) is 8.65. The van der Waals surface area contributed by atoms with E-state index < -0.39 is 0 Å². The predicted molar refractivity (Wildman–Crippen MR) is 98.7 cm³/mol. The topological polar surface area (TPSA) is 86.8 Å². The highest BCUT2D eigenvalue weighted by molar-refractivity contribution is 5.90. The Kier molecular flexibility index (Phi) is 4.35. The van der Waals surface area contributed by atoms with E-state index >= 15 is 0 Å². The quantitative estimate of drug-likeness (QED) is 0.761. The Balaban J connectivity index is 1.42. The van der Waals surface area contributed by atoms with Gasteiger partial charge in [-0.2, -0.15) is 5.10 Å². The normalized spacial score (nSPS) is 16.7. The molecule has 2 aromatic heterocycles. The number of aromatic nitrogens is 4. The molecule has 3 heterocycles. The zero-order valence-electron chi connectivity index (χ0n) is 14.5. The summed E-state index contributed by atoms with van der Waals surface area (Å²) in [5.74, 6) is 1.77. The van der Waals surface area contributed by atoms with E-state index in [0.29, 0.717) is 13.1 Å². The molecule has 1 aliphatic rings. The highest BCUT2D eigenvalue weighted by Gasteiger charge is 2.29. The smallest absolute Gasteiger partial charge is 0.321 e. The molecule has 1 fully saturated rings. The van der Waals surface area contributed by atoms with Crippen molar-refractivity contribution in [2.24, 2.45) is 0 Å². The van der Waals surface area contributed by atoms with Crippen molar-refractivity contribution in [2.45, 2.75) is 19.3 Å². The third-order valence-corrected chi connectivity index (χ3v) is 4.54. The van der Waals surface area contributed by atoms with Gasteiger partial charge in [0.25, 0.3) is 0 Å². The fraction of sp³-hybridized carbons (Fsp3) is 0.263. The van der Waals surface area contributed by atoms with Crippen LogP contribution in [0.2, 0.25) is 0 Å². The van der Waals surface area contributed by atoms with Gasteiger partial charge < -0.3 is 10.2 Å². The molecule has 0 radical (unpaired) electrons. The minimum absolute atomic E-state index is 0.107. The summed E-state index contributed by atoms with van der Waals surface area (Å²) in [7, 11) is 0. The van der Waals surface area contributed by atoms with E-state index in [1.807, 2.05) is 43.3 Å². The molecular formula is C19H20N6O. The van der Waals surface area contributed by atoms with Crippen LogP contribution >= 0.6 is 0 Å². The maximum Gasteiger partial charge on any atom is 0.321 e. The summed E-state index contributed by atoms with van der Waals surface area (Å²) in [4.78, 5) is 23.2. The van der Waals surface area contributed by atoms with Crippen LogP contribution in [0.25, 0.3) is 11.3 Å². The summed E-state index contributed by atoms with van der Waals surface area (Å²) in [6.45, 7) is 3.20. The molecule has 0 saturated carbocycles. The molecule has 1 aliphatic heterocycles. The molecule has 26 heavy (non-hydrogen) atoms. The Morgan fingerprint density at radius 1 is 1.27 bits per heavy atom. The van der Waals surface area contributed by atoms with Gasteiger partial charge in [0.1, 0.15) is 5.82 Å². The minimum atomic E-state index is -0.107. The number of carbonyl (C=O) groups excluding carboxylic acids is 1. The lowest BCUT2D eigenvalue weighted by atomic mass is 10.1. The highest BCUT2D eigenvalue weighted by Crippen LogP contribution is 2.25. The Hall–Kier alpha value is -3.22. The molecule has 1 unspecified atom stereocenters. The van der Waals surface area contributed by atoms with Crippen LogP contribution in [-0.4, -0.2) is 44.2 Å². The van der Waals surface area contributed by atoms with E-state index in [-0.39, 0.29) is 11.9 Å². The zero-order chi connectivity index (χ0) is 17.9. The van der Waals surface area contributed by atoms with Crippen LogP contribution in [0.3, 0.4) is 0 Å². The Labute approximate surface area is 151 Å². The number of pyridine rings is 1. The fourth-order valence-corrected chi connectivity index (χ4v) is 3.18. The molecule has 0 spiro atoms. The van der Waals surface area contributed by atoms with Gasteiger partial charge in [-0.15, -0.1) is 0 Å². The molecule has 4 rings (SSSR count). The Morgan fingerprint density at radius 3 is 2.88 bits per heavy atom. The number of urea groups is 1. The first-order chi connectivity index (χ1) is 12.7. The number of anilines is 1. The van der Waals surface area contributed by atoms with Crippen molar-refractivity contribution in [1.82, 2.24) is 25.1 Å². The van der Waals surface area contributed by atoms with Crippen LogP contribution in [-0.2, 0) is 0 Å². The van der Waals surface area contributed by atoms with Gasteiger partial charge in [-0.05, 0) is 25.5 Å².